The normalized spacial score (nSPS) is 11.9. The summed E-state index contributed by atoms with van der Waals surface area (Å²) >= 11 is 0. The minimum absolute atomic E-state index is 0.0601. The van der Waals surface area contributed by atoms with Crippen LogP contribution in [0.4, 0.5) is 0 Å². The van der Waals surface area contributed by atoms with E-state index in [0.29, 0.717) is 19.3 Å². The van der Waals surface area contributed by atoms with Crippen LogP contribution in [-0.4, -0.2) is 37.2 Å². The molecule has 6 nitrogen and oxygen atoms in total. The first-order chi connectivity index (χ1) is 38.0. The van der Waals surface area contributed by atoms with Crippen LogP contribution in [0.5, 0.6) is 0 Å². The number of esters is 3. The Morgan fingerprint density at radius 1 is 0.208 bits per heavy atom. The molecule has 458 valence electrons. The van der Waals surface area contributed by atoms with Crippen molar-refractivity contribution in [3.05, 3.63) is 0 Å². The summed E-state index contributed by atoms with van der Waals surface area (Å²) in [6.07, 6.45) is 78.5. The number of carbonyl (C=O) groups excluding carboxylic acids is 3. The fraction of sp³-hybridized carbons (Fsp3) is 0.958. The maximum atomic E-state index is 12.9. The van der Waals surface area contributed by atoms with Crippen molar-refractivity contribution in [3.63, 3.8) is 0 Å². The SMILES string of the molecule is CCCCCCCCCCCCCCCCCCCCCCCCCCCCC(=O)OCC(COC(=O)CCCCCCCCCCCCCCCC)OC(=O)CCCCCCCCCCCCCCCCCCCCC. The highest BCUT2D eigenvalue weighted by Crippen LogP contribution is 2.19. The molecule has 0 saturated carbocycles. The number of carbonyl (C=O) groups is 3. The van der Waals surface area contributed by atoms with E-state index in [2.05, 4.69) is 20.8 Å². The Hall–Kier alpha value is -1.59. The van der Waals surface area contributed by atoms with Crippen LogP contribution in [0.3, 0.4) is 0 Å². The number of ether oxygens (including phenoxy) is 3. The average Bonchev–Trinajstić information content (AvgIpc) is 3.43. The number of unbranched alkanes of at least 4 members (excludes halogenated alkanes) is 56. The molecule has 0 spiro atoms. The zero-order valence-corrected chi connectivity index (χ0v) is 52.8. The van der Waals surface area contributed by atoms with Crippen LogP contribution in [0.25, 0.3) is 0 Å². The molecule has 0 heterocycles. The first-order valence-corrected chi connectivity index (χ1v) is 35.5. The monoisotopic (exact) mass is 1090 g/mol. The quantitative estimate of drug-likeness (QED) is 0.0343. The molecule has 0 radical (unpaired) electrons. The Labute approximate surface area is 482 Å². The highest BCUT2D eigenvalue weighted by molar-refractivity contribution is 5.71. The molecule has 0 rings (SSSR count). The van der Waals surface area contributed by atoms with Gasteiger partial charge in [0.2, 0.25) is 0 Å². The van der Waals surface area contributed by atoms with Gasteiger partial charge in [-0.25, -0.2) is 0 Å². The largest absolute Gasteiger partial charge is 0.462 e. The molecule has 0 N–H and O–H groups in total. The zero-order valence-electron chi connectivity index (χ0n) is 52.8. The molecule has 0 saturated heterocycles. The van der Waals surface area contributed by atoms with Gasteiger partial charge in [-0.15, -0.1) is 0 Å². The number of hydrogen-bond acceptors (Lipinski definition) is 6. The van der Waals surface area contributed by atoms with E-state index in [4.69, 9.17) is 14.2 Å². The predicted molar refractivity (Wildman–Crippen MR) is 335 cm³/mol. The van der Waals surface area contributed by atoms with Gasteiger partial charge in [-0.3, -0.25) is 14.4 Å². The van der Waals surface area contributed by atoms with Gasteiger partial charge >= 0.3 is 17.9 Å². The first kappa shape index (κ1) is 75.4. The summed E-state index contributed by atoms with van der Waals surface area (Å²) in [7, 11) is 0. The van der Waals surface area contributed by atoms with Crippen molar-refractivity contribution in [1.82, 2.24) is 0 Å². The smallest absolute Gasteiger partial charge is 0.306 e. The lowest BCUT2D eigenvalue weighted by Crippen LogP contribution is -2.30. The molecule has 1 atom stereocenters. The van der Waals surface area contributed by atoms with Crippen molar-refractivity contribution in [2.24, 2.45) is 0 Å². The van der Waals surface area contributed by atoms with E-state index in [0.717, 1.165) is 57.8 Å². The van der Waals surface area contributed by atoms with Crippen molar-refractivity contribution in [2.45, 2.75) is 425 Å². The summed E-state index contributed by atoms with van der Waals surface area (Å²) in [6, 6.07) is 0. The summed E-state index contributed by atoms with van der Waals surface area (Å²) in [5.74, 6) is -0.819. The molecule has 0 bridgehead atoms. The van der Waals surface area contributed by atoms with E-state index in [1.165, 1.54) is 321 Å². The third-order valence-electron chi connectivity index (χ3n) is 16.6. The molecule has 0 fully saturated rings. The van der Waals surface area contributed by atoms with Gasteiger partial charge in [0.05, 0.1) is 0 Å². The standard InChI is InChI=1S/C71H138O6/c1-4-7-10-13-16-19-22-25-28-30-32-33-34-35-36-37-38-40-41-43-46-49-52-55-58-61-64-70(73)76-67-68(66-75-69(72)63-60-57-54-51-48-45-27-24-21-18-15-12-9-6-3)77-71(74)65-62-59-56-53-50-47-44-42-39-31-29-26-23-20-17-14-11-8-5-2/h68H,4-67H2,1-3H3. The molecule has 0 aliphatic carbocycles. The molecule has 77 heavy (non-hydrogen) atoms. The third-order valence-corrected chi connectivity index (χ3v) is 16.6. The molecule has 0 aromatic heterocycles. The summed E-state index contributed by atoms with van der Waals surface area (Å²) in [4.78, 5) is 38.4. The van der Waals surface area contributed by atoms with Gasteiger partial charge in [0.1, 0.15) is 13.2 Å². The fourth-order valence-corrected chi connectivity index (χ4v) is 11.3. The van der Waals surface area contributed by atoms with Crippen LogP contribution in [0.2, 0.25) is 0 Å². The maximum Gasteiger partial charge on any atom is 0.306 e. The molecule has 0 amide bonds. The van der Waals surface area contributed by atoms with E-state index in [9.17, 15) is 14.4 Å². The molecule has 0 aliphatic heterocycles. The number of hydrogen-bond donors (Lipinski definition) is 0. The second-order valence-corrected chi connectivity index (χ2v) is 24.5. The lowest BCUT2D eigenvalue weighted by atomic mass is 10.0. The Morgan fingerprint density at radius 3 is 0.519 bits per heavy atom. The Bertz CT molecular complexity index is 1160. The predicted octanol–water partition coefficient (Wildman–Crippen LogP) is 24.2. The van der Waals surface area contributed by atoms with Crippen LogP contribution in [0.15, 0.2) is 0 Å². The van der Waals surface area contributed by atoms with Crippen molar-refractivity contribution in [3.8, 4) is 0 Å². The topological polar surface area (TPSA) is 78.9 Å². The van der Waals surface area contributed by atoms with E-state index in [1.807, 2.05) is 0 Å². The minimum Gasteiger partial charge on any atom is -0.462 e. The van der Waals surface area contributed by atoms with E-state index < -0.39 is 6.10 Å². The van der Waals surface area contributed by atoms with Crippen LogP contribution >= 0.6 is 0 Å². The van der Waals surface area contributed by atoms with Gasteiger partial charge in [-0.05, 0) is 19.3 Å². The zero-order chi connectivity index (χ0) is 55.7. The molecule has 0 aliphatic rings. The third kappa shape index (κ3) is 65.1. The van der Waals surface area contributed by atoms with Gasteiger partial charge in [-0.1, -0.05) is 380 Å². The van der Waals surface area contributed by atoms with E-state index in [1.54, 1.807) is 0 Å². The summed E-state index contributed by atoms with van der Waals surface area (Å²) in [5.41, 5.74) is 0. The van der Waals surface area contributed by atoms with E-state index >= 15 is 0 Å². The summed E-state index contributed by atoms with van der Waals surface area (Å²) < 4.78 is 17.0. The number of rotatable bonds is 67. The summed E-state index contributed by atoms with van der Waals surface area (Å²) in [5, 5.41) is 0. The lowest BCUT2D eigenvalue weighted by Gasteiger charge is -2.18. The summed E-state index contributed by atoms with van der Waals surface area (Å²) in [6.45, 7) is 6.74. The second kappa shape index (κ2) is 66.9. The van der Waals surface area contributed by atoms with Crippen molar-refractivity contribution >= 4 is 17.9 Å². The molecular weight excluding hydrogens is 949 g/mol. The molecule has 1 unspecified atom stereocenters. The maximum absolute atomic E-state index is 12.9. The Morgan fingerprint density at radius 2 is 0.351 bits per heavy atom. The molecule has 0 aromatic carbocycles. The second-order valence-electron chi connectivity index (χ2n) is 24.5. The molecular formula is C71H138O6. The van der Waals surface area contributed by atoms with Crippen LogP contribution in [0, 0.1) is 0 Å². The van der Waals surface area contributed by atoms with Gasteiger partial charge in [0.15, 0.2) is 6.10 Å². The minimum atomic E-state index is -0.763. The Kier molecular flexibility index (Phi) is 65.5. The van der Waals surface area contributed by atoms with Crippen molar-refractivity contribution < 1.29 is 28.6 Å². The first-order valence-electron chi connectivity index (χ1n) is 35.5. The van der Waals surface area contributed by atoms with Gasteiger partial charge in [-0.2, -0.15) is 0 Å². The van der Waals surface area contributed by atoms with E-state index in [-0.39, 0.29) is 31.1 Å². The van der Waals surface area contributed by atoms with Crippen LogP contribution in [0.1, 0.15) is 419 Å². The highest BCUT2D eigenvalue weighted by Gasteiger charge is 2.19. The van der Waals surface area contributed by atoms with Crippen molar-refractivity contribution in [2.75, 3.05) is 13.2 Å². The van der Waals surface area contributed by atoms with Crippen molar-refractivity contribution in [1.29, 1.82) is 0 Å². The lowest BCUT2D eigenvalue weighted by molar-refractivity contribution is -0.167. The van der Waals surface area contributed by atoms with Crippen LogP contribution < -0.4 is 0 Å². The Balaban J connectivity index is 4.19. The van der Waals surface area contributed by atoms with Gasteiger partial charge in [0.25, 0.3) is 0 Å². The van der Waals surface area contributed by atoms with Crippen LogP contribution in [-0.2, 0) is 28.6 Å². The average molecular weight is 1090 g/mol. The molecule has 6 heteroatoms. The van der Waals surface area contributed by atoms with Gasteiger partial charge < -0.3 is 14.2 Å². The molecule has 0 aromatic rings. The highest BCUT2D eigenvalue weighted by atomic mass is 16.6. The van der Waals surface area contributed by atoms with Gasteiger partial charge in [0, 0.05) is 19.3 Å². The fourth-order valence-electron chi connectivity index (χ4n) is 11.3.